The Balaban J connectivity index is 0.00000256. The molecule has 0 aliphatic carbocycles. The molecule has 0 saturated carbocycles. The Hall–Kier alpha value is -0.860. The first-order valence-corrected chi connectivity index (χ1v) is 5.47. The minimum absolute atomic E-state index is 0. The van der Waals surface area contributed by atoms with Gasteiger partial charge in [0.15, 0.2) is 11.8 Å². The summed E-state index contributed by atoms with van der Waals surface area (Å²) in [7, 11) is 3.68. The van der Waals surface area contributed by atoms with Crippen molar-refractivity contribution in [1.29, 1.82) is 0 Å². The van der Waals surface area contributed by atoms with Crippen LogP contribution in [0.3, 0.4) is 0 Å². The van der Waals surface area contributed by atoms with Crippen LogP contribution >= 0.6 is 24.0 Å². The van der Waals surface area contributed by atoms with Crippen LogP contribution in [-0.2, 0) is 13.6 Å². The Bertz CT molecular complexity index is 348. The van der Waals surface area contributed by atoms with Gasteiger partial charge in [0.1, 0.15) is 6.33 Å². The van der Waals surface area contributed by atoms with E-state index in [1.807, 2.05) is 11.6 Å². The van der Waals surface area contributed by atoms with E-state index in [2.05, 4.69) is 39.7 Å². The Morgan fingerprint density at radius 1 is 1.59 bits per heavy atom. The summed E-state index contributed by atoms with van der Waals surface area (Å²) in [6.45, 7) is 4.87. The topological polar surface area (TPSA) is 67.1 Å². The van der Waals surface area contributed by atoms with E-state index in [1.165, 1.54) is 0 Å². The first kappa shape index (κ1) is 16.1. The largest absolute Gasteiger partial charge is 0.354 e. The van der Waals surface area contributed by atoms with Gasteiger partial charge in [-0.3, -0.25) is 4.99 Å². The molecule has 7 heteroatoms. The van der Waals surface area contributed by atoms with Gasteiger partial charge in [0, 0.05) is 20.1 Å². The predicted octanol–water partition coefficient (Wildman–Crippen LogP) is 0.897. The van der Waals surface area contributed by atoms with Crippen LogP contribution in [0.25, 0.3) is 0 Å². The molecule has 0 bridgehead atoms. The van der Waals surface area contributed by atoms with Gasteiger partial charge in [0.25, 0.3) is 0 Å². The Labute approximate surface area is 119 Å². The molecular formula is C10H21IN6. The van der Waals surface area contributed by atoms with E-state index in [0.717, 1.165) is 18.2 Å². The molecule has 1 atom stereocenters. The molecular weight excluding hydrogens is 331 g/mol. The summed E-state index contributed by atoms with van der Waals surface area (Å²) < 4.78 is 1.88. The highest BCUT2D eigenvalue weighted by atomic mass is 127. The Morgan fingerprint density at radius 2 is 2.29 bits per heavy atom. The minimum atomic E-state index is 0. The molecule has 2 N–H and O–H groups in total. The molecule has 17 heavy (non-hydrogen) atoms. The van der Waals surface area contributed by atoms with Crippen molar-refractivity contribution in [3.05, 3.63) is 12.2 Å². The number of hydrogen-bond donors (Lipinski definition) is 2. The molecule has 1 aromatic heterocycles. The van der Waals surface area contributed by atoms with Crippen LogP contribution in [0.5, 0.6) is 0 Å². The fourth-order valence-electron chi connectivity index (χ4n) is 1.16. The number of aliphatic imine (C=N–C) groups is 1. The maximum Gasteiger partial charge on any atom is 0.191 e. The van der Waals surface area contributed by atoms with Gasteiger partial charge in [-0.15, -0.1) is 34.2 Å². The highest BCUT2D eigenvalue weighted by Crippen LogP contribution is 1.91. The van der Waals surface area contributed by atoms with Crippen molar-refractivity contribution in [3.63, 3.8) is 0 Å². The third-order valence-corrected chi connectivity index (χ3v) is 2.44. The lowest BCUT2D eigenvalue weighted by molar-refractivity contribution is 0.619. The Kier molecular flexibility index (Phi) is 7.85. The lowest BCUT2D eigenvalue weighted by atomic mass is 10.3. The van der Waals surface area contributed by atoms with E-state index in [-0.39, 0.29) is 24.0 Å². The SMILES string of the molecule is CCC(C)NC(=NC)NCc1nncn1C.I. The number of rotatable bonds is 4. The number of guanidine groups is 1. The summed E-state index contributed by atoms with van der Waals surface area (Å²) in [5.41, 5.74) is 0. The molecule has 1 aromatic rings. The number of hydrogen-bond acceptors (Lipinski definition) is 3. The molecule has 1 unspecified atom stereocenters. The van der Waals surface area contributed by atoms with Crippen LogP contribution in [0.15, 0.2) is 11.3 Å². The standard InChI is InChI=1S/C10H20N6.HI/c1-5-8(2)14-10(11-3)12-6-9-15-13-7-16(9)4;/h7-8H,5-6H2,1-4H3,(H2,11,12,14);1H. The second-order valence-corrected chi connectivity index (χ2v) is 3.74. The van der Waals surface area contributed by atoms with Gasteiger partial charge in [-0.1, -0.05) is 6.92 Å². The van der Waals surface area contributed by atoms with Crippen molar-refractivity contribution < 1.29 is 0 Å². The van der Waals surface area contributed by atoms with Crippen LogP contribution in [0.2, 0.25) is 0 Å². The number of aromatic nitrogens is 3. The molecule has 0 amide bonds. The van der Waals surface area contributed by atoms with Crippen molar-refractivity contribution in [2.24, 2.45) is 12.0 Å². The first-order chi connectivity index (χ1) is 7.67. The highest BCUT2D eigenvalue weighted by Gasteiger charge is 2.04. The molecule has 0 saturated heterocycles. The minimum Gasteiger partial charge on any atom is -0.354 e. The van der Waals surface area contributed by atoms with E-state index in [0.29, 0.717) is 12.6 Å². The maximum absolute atomic E-state index is 4.14. The maximum atomic E-state index is 4.14. The van der Waals surface area contributed by atoms with Crippen molar-refractivity contribution >= 4 is 29.9 Å². The van der Waals surface area contributed by atoms with Gasteiger partial charge >= 0.3 is 0 Å². The summed E-state index contributed by atoms with van der Waals surface area (Å²) in [4.78, 5) is 4.14. The molecule has 0 aliphatic rings. The summed E-state index contributed by atoms with van der Waals surface area (Å²) in [5, 5.41) is 14.3. The molecule has 0 fully saturated rings. The fraction of sp³-hybridized carbons (Fsp3) is 0.700. The van der Waals surface area contributed by atoms with Gasteiger partial charge < -0.3 is 15.2 Å². The van der Waals surface area contributed by atoms with E-state index < -0.39 is 0 Å². The van der Waals surface area contributed by atoms with Crippen molar-refractivity contribution in [3.8, 4) is 0 Å². The lowest BCUT2D eigenvalue weighted by Crippen LogP contribution is -2.41. The summed E-state index contributed by atoms with van der Waals surface area (Å²) in [5.74, 6) is 1.67. The summed E-state index contributed by atoms with van der Waals surface area (Å²) >= 11 is 0. The average Bonchev–Trinajstić information content (AvgIpc) is 2.69. The van der Waals surface area contributed by atoms with E-state index in [9.17, 15) is 0 Å². The zero-order valence-electron chi connectivity index (χ0n) is 10.8. The van der Waals surface area contributed by atoms with Crippen molar-refractivity contribution in [2.75, 3.05) is 7.05 Å². The molecule has 6 nitrogen and oxygen atoms in total. The summed E-state index contributed by atoms with van der Waals surface area (Å²) in [6.07, 6.45) is 2.74. The summed E-state index contributed by atoms with van der Waals surface area (Å²) in [6, 6.07) is 0.408. The number of nitrogens with zero attached hydrogens (tertiary/aromatic N) is 4. The first-order valence-electron chi connectivity index (χ1n) is 5.47. The Morgan fingerprint density at radius 3 is 2.76 bits per heavy atom. The average molecular weight is 352 g/mol. The zero-order chi connectivity index (χ0) is 12.0. The van der Waals surface area contributed by atoms with Gasteiger partial charge in [-0.25, -0.2) is 0 Å². The number of aryl methyl sites for hydroxylation is 1. The van der Waals surface area contributed by atoms with Crippen LogP contribution < -0.4 is 10.6 Å². The molecule has 1 heterocycles. The molecule has 0 radical (unpaired) electrons. The monoisotopic (exact) mass is 352 g/mol. The van der Waals surface area contributed by atoms with Crippen LogP contribution in [-0.4, -0.2) is 33.8 Å². The number of nitrogens with one attached hydrogen (secondary N) is 2. The second kappa shape index (κ2) is 8.26. The smallest absolute Gasteiger partial charge is 0.191 e. The molecule has 98 valence electrons. The lowest BCUT2D eigenvalue weighted by Gasteiger charge is -2.15. The highest BCUT2D eigenvalue weighted by molar-refractivity contribution is 14.0. The molecule has 0 aromatic carbocycles. The third-order valence-electron chi connectivity index (χ3n) is 2.44. The van der Waals surface area contributed by atoms with Gasteiger partial charge in [-0.2, -0.15) is 0 Å². The molecule has 0 spiro atoms. The quantitative estimate of drug-likeness (QED) is 0.480. The van der Waals surface area contributed by atoms with Crippen molar-refractivity contribution in [1.82, 2.24) is 25.4 Å². The third kappa shape index (κ3) is 5.33. The predicted molar refractivity (Wildman–Crippen MR) is 79.5 cm³/mol. The van der Waals surface area contributed by atoms with Gasteiger partial charge in [0.05, 0.1) is 6.54 Å². The van der Waals surface area contributed by atoms with Crippen molar-refractivity contribution in [2.45, 2.75) is 32.9 Å². The van der Waals surface area contributed by atoms with Crippen LogP contribution in [0, 0.1) is 0 Å². The number of halogens is 1. The van der Waals surface area contributed by atoms with E-state index in [4.69, 9.17) is 0 Å². The molecule has 1 rings (SSSR count). The van der Waals surface area contributed by atoms with E-state index >= 15 is 0 Å². The van der Waals surface area contributed by atoms with Crippen LogP contribution in [0.1, 0.15) is 26.1 Å². The zero-order valence-corrected chi connectivity index (χ0v) is 13.1. The van der Waals surface area contributed by atoms with Gasteiger partial charge in [0.2, 0.25) is 0 Å². The van der Waals surface area contributed by atoms with E-state index in [1.54, 1.807) is 13.4 Å². The van der Waals surface area contributed by atoms with Crippen LogP contribution in [0.4, 0.5) is 0 Å². The fourth-order valence-corrected chi connectivity index (χ4v) is 1.16. The second-order valence-electron chi connectivity index (χ2n) is 3.74. The molecule has 0 aliphatic heterocycles. The van der Waals surface area contributed by atoms with Gasteiger partial charge in [-0.05, 0) is 13.3 Å². The normalized spacial score (nSPS) is 12.8.